The lowest BCUT2D eigenvalue weighted by atomic mass is 9.67. The minimum atomic E-state index is -0.178. The van der Waals surface area contributed by atoms with E-state index >= 15 is 0 Å². The van der Waals surface area contributed by atoms with Gasteiger partial charge in [0.2, 0.25) is 5.91 Å². The van der Waals surface area contributed by atoms with Gasteiger partial charge in [0.05, 0.1) is 17.6 Å². The molecule has 2 aliphatic heterocycles. The van der Waals surface area contributed by atoms with Crippen LogP contribution in [0.5, 0.6) is 0 Å². The highest BCUT2D eigenvalue weighted by Gasteiger charge is 2.49. The number of morpholine rings is 1. The smallest absolute Gasteiger partial charge is 0.228 e. The van der Waals surface area contributed by atoms with Gasteiger partial charge < -0.3 is 15.4 Å². The van der Waals surface area contributed by atoms with Crippen LogP contribution in [-0.2, 0) is 22.6 Å². The van der Waals surface area contributed by atoms with Crippen LogP contribution in [0.2, 0.25) is 0 Å². The molecule has 1 aromatic rings. The molecule has 0 radical (unpaired) electrons. The Balaban J connectivity index is 0.00000160. The molecule has 4 atom stereocenters. The van der Waals surface area contributed by atoms with E-state index in [1.807, 2.05) is 0 Å². The van der Waals surface area contributed by atoms with E-state index in [1.54, 1.807) is 0 Å². The summed E-state index contributed by atoms with van der Waals surface area (Å²) in [5.74, 6) is 0.762. The maximum atomic E-state index is 13.2. The Morgan fingerprint density at radius 2 is 1.87 bits per heavy atom. The zero-order chi connectivity index (χ0) is 19.6. The van der Waals surface area contributed by atoms with E-state index < -0.39 is 0 Å². The van der Waals surface area contributed by atoms with Crippen LogP contribution in [0.1, 0.15) is 50.7 Å². The predicted molar refractivity (Wildman–Crippen MR) is 125 cm³/mol. The lowest BCUT2D eigenvalue weighted by molar-refractivity contribution is -0.134. The first-order chi connectivity index (χ1) is 13.6. The lowest BCUT2D eigenvalue weighted by Crippen LogP contribution is -2.47. The zero-order valence-electron chi connectivity index (χ0n) is 18.2. The number of nitrogens with one attached hydrogen (secondary N) is 2. The average molecular weight is 458 g/mol. The maximum Gasteiger partial charge on any atom is 0.228 e. The molecule has 5 nitrogen and oxygen atoms in total. The fourth-order valence-corrected chi connectivity index (χ4v) is 5.58. The number of fused-ring (bicyclic) bond motifs is 1. The summed E-state index contributed by atoms with van der Waals surface area (Å²) in [5, 5.41) is 6.78. The summed E-state index contributed by atoms with van der Waals surface area (Å²) in [6, 6.07) is 8.54. The second kappa shape index (κ2) is 11.1. The number of hydrogen-bond acceptors (Lipinski definition) is 4. The van der Waals surface area contributed by atoms with Crippen LogP contribution in [0.3, 0.4) is 0 Å². The minimum absolute atomic E-state index is 0. The molecule has 2 N–H and O–H groups in total. The Labute approximate surface area is 193 Å². The summed E-state index contributed by atoms with van der Waals surface area (Å²) in [4.78, 5) is 15.7. The summed E-state index contributed by atoms with van der Waals surface area (Å²) < 4.78 is 5.87. The highest BCUT2D eigenvalue weighted by Crippen LogP contribution is 2.43. The van der Waals surface area contributed by atoms with Crippen LogP contribution in [-0.4, -0.2) is 49.2 Å². The van der Waals surface area contributed by atoms with Crippen molar-refractivity contribution in [1.82, 2.24) is 15.5 Å². The van der Waals surface area contributed by atoms with Crippen molar-refractivity contribution in [3.05, 3.63) is 35.4 Å². The molecule has 2 heterocycles. The number of benzene rings is 1. The van der Waals surface area contributed by atoms with Gasteiger partial charge in [0.1, 0.15) is 0 Å². The molecule has 3 aliphatic rings. The van der Waals surface area contributed by atoms with Gasteiger partial charge in [-0.25, -0.2) is 0 Å². The van der Waals surface area contributed by atoms with Gasteiger partial charge in [-0.1, -0.05) is 37.1 Å². The Morgan fingerprint density at radius 1 is 1.17 bits per heavy atom. The van der Waals surface area contributed by atoms with Gasteiger partial charge in [-0.05, 0) is 50.3 Å². The fraction of sp³-hybridized carbons (Fsp3) is 0.696. The molecule has 0 aromatic heterocycles. The van der Waals surface area contributed by atoms with Crippen molar-refractivity contribution in [2.24, 2.45) is 11.3 Å². The third-order valence-corrected chi connectivity index (χ3v) is 6.94. The van der Waals surface area contributed by atoms with E-state index in [9.17, 15) is 4.79 Å². The third-order valence-electron chi connectivity index (χ3n) is 6.94. The number of nitrogens with zero attached hydrogens (tertiary/aromatic N) is 1. The SMILES string of the molecule is CC1CN(Cc2ccccc2CNC(=O)[C@@]23CCCC[C@H]2CNC3)CC(C)O1.Cl.Cl. The molecule has 7 heteroatoms. The summed E-state index contributed by atoms with van der Waals surface area (Å²) in [6.07, 6.45) is 5.20. The monoisotopic (exact) mass is 457 g/mol. The van der Waals surface area contributed by atoms with Crippen molar-refractivity contribution < 1.29 is 9.53 Å². The normalized spacial score (nSPS) is 31.2. The molecule has 1 amide bonds. The Kier molecular flexibility index (Phi) is 9.44. The number of carbonyl (C=O) groups excluding carboxylic acids is 1. The van der Waals surface area contributed by atoms with Gasteiger partial charge >= 0.3 is 0 Å². The molecule has 1 aromatic carbocycles. The molecule has 0 bridgehead atoms. The van der Waals surface area contributed by atoms with Crippen LogP contribution in [0.15, 0.2) is 24.3 Å². The summed E-state index contributed by atoms with van der Waals surface area (Å²) in [7, 11) is 0. The standard InChI is InChI=1S/C23H35N3O2.2ClH/c1-17-13-26(14-18(2)28-17)15-20-8-4-3-7-19(20)11-25-22(27)23-10-6-5-9-21(23)12-24-16-23;;/h3-4,7-8,17-18,21,24H,5-6,9-16H2,1-2H3,(H,25,27);2*1H/t17?,18?,21-,23+;;/m0../s1. The quantitative estimate of drug-likeness (QED) is 0.709. The first kappa shape index (κ1) is 25.4. The molecule has 4 rings (SSSR count). The Bertz CT molecular complexity index is 695. The molecule has 1 aliphatic carbocycles. The van der Waals surface area contributed by atoms with Crippen molar-refractivity contribution in [3.8, 4) is 0 Å². The van der Waals surface area contributed by atoms with Crippen LogP contribution in [0, 0.1) is 11.3 Å². The largest absolute Gasteiger partial charge is 0.373 e. The molecule has 170 valence electrons. The first-order valence-electron chi connectivity index (χ1n) is 11.0. The average Bonchev–Trinajstić information content (AvgIpc) is 3.11. The number of carbonyl (C=O) groups is 1. The topological polar surface area (TPSA) is 53.6 Å². The van der Waals surface area contributed by atoms with E-state index in [0.29, 0.717) is 12.5 Å². The second-order valence-corrected chi connectivity index (χ2v) is 9.13. The molecule has 2 saturated heterocycles. The summed E-state index contributed by atoms with van der Waals surface area (Å²) in [5.41, 5.74) is 2.37. The van der Waals surface area contributed by atoms with Crippen LogP contribution >= 0.6 is 24.8 Å². The highest BCUT2D eigenvalue weighted by molar-refractivity contribution is 5.85. The van der Waals surface area contributed by atoms with Crippen molar-refractivity contribution in [3.63, 3.8) is 0 Å². The van der Waals surface area contributed by atoms with Gasteiger partial charge in [0.15, 0.2) is 0 Å². The van der Waals surface area contributed by atoms with Crippen molar-refractivity contribution >= 4 is 30.7 Å². The van der Waals surface area contributed by atoms with Crippen LogP contribution in [0.4, 0.5) is 0 Å². The zero-order valence-corrected chi connectivity index (χ0v) is 19.8. The third kappa shape index (κ3) is 5.49. The van der Waals surface area contributed by atoms with Gasteiger partial charge in [-0.2, -0.15) is 0 Å². The Hall–Kier alpha value is -0.850. The number of ether oxygens (including phenoxy) is 1. The maximum absolute atomic E-state index is 13.2. The van der Waals surface area contributed by atoms with E-state index in [1.165, 1.54) is 30.4 Å². The van der Waals surface area contributed by atoms with Gasteiger partial charge in [-0.3, -0.25) is 9.69 Å². The van der Waals surface area contributed by atoms with Gasteiger partial charge in [-0.15, -0.1) is 24.8 Å². The van der Waals surface area contributed by atoms with Crippen LogP contribution in [0.25, 0.3) is 0 Å². The predicted octanol–water partition coefficient (Wildman–Crippen LogP) is 3.54. The summed E-state index contributed by atoms with van der Waals surface area (Å²) >= 11 is 0. The molecular weight excluding hydrogens is 421 g/mol. The van der Waals surface area contributed by atoms with E-state index in [0.717, 1.165) is 39.1 Å². The molecular formula is C23H37Cl2N3O2. The summed E-state index contributed by atoms with van der Waals surface area (Å²) in [6.45, 7) is 9.59. The molecule has 1 saturated carbocycles. The van der Waals surface area contributed by atoms with Crippen molar-refractivity contribution in [2.75, 3.05) is 26.2 Å². The molecule has 30 heavy (non-hydrogen) atoms. The second-order valence-electron chi connectivity index (χ2n) is 9.13. The molecule has 2 unspecified atom stereocenters. The van der Waals surface area contributed by atoms with E-state index in [2.05, 4.69) is 53.6 Å². The Morgan fingerprint density at radius 3 is 2.60 bits per heavy atom. The van der Waals surface area contributed by atoms with Crippen LogP contribution < -0.4 is 10.6 Å². The number of rotatable bonds is 5. The van der Waals surface area contributed by atoms with Crippen molar-refractivity contribution in [1.29, 1.82) is 0 Å². The number of hydrogen-bond donors (Lipinski definition) is 2. The fourth-order valence-electron chi connectivity index (χ4n) is 5.58. The number of amides is 1. The molecule has 3 fully saturated rings. The molecule has 0 spiro atoms. The van der Waals surface area contributed by atoms with Gasteiger partial charge in [0.25, 0.3) is 0 Å². The number of halogens is 2. The highest BCUT2D eigenvalue weighted by atomic mass is 35.5. The minimum Gasteiger partial charge on any atom is -0.373 e. The lowest BCUT2D eigenvalue weighted by Gasteiger charge is -2.37. The van der Waals surface area contributed by atoms with E-state index in [-0.39, 0.29) is 48.3 Å². The van der Waals surface area contributed by atoms with E-state index in [4.69, 9.17) is 4.74 Å². The van der Waals surface area contributed by atoms with Crippen molar-refractivity contribution in [2.45, 2.75) is 64.8 Å². The first-order valence-corrected chi connectivity index (χ1v) is 11.0. The van der Waals surface area contributed by atoms with Gasteiger partial charge in [0, 0.05) is 32.7 Å².